The lowest BCUT2D eigenvalue weighted by molar-refractivity contribution is -0.123. The van der Waals surface area contributed by atoms with Gasteiger partial charge in [0.05, 0.1) is 37.8 Å². The summed E-state index contributed by atoms with van der Waals surface area (Å²) in [6, 6.07) is 16.6. The SMILES string of the molecule is COc1ccc(C(=O)[C@@H]2[C@H]3C(=O)N(c4cccc5ccccc45)C(=O)[C@@H]3[C@H]3C=CC=NN32)cc1OC. The van der Waals surface area contributed by atoms with Crippen molar-refractivity contribution in [1.82, 2.24) is 5.01 Å². The second kappa shape index (κ2) is 8.34. The number of methoxy groups -OCH3 is 2. The zero-order chi connectivity index (χ0) is 25.0. The summed E-state index contributed by atoms with van der Waals surface area (Å²) in [5.41, 5.74) is 0.885. The fourth-order valence-corrected chi connectivity index (χ4v) is 5.64. The Kier molecular flexibility index (Phi) is 5.10. The van der Waals surface area contributed by atoms with Gasteiger partial charge in [0.15, 0.2) is 17.3 Å². The van der Waals surface area contributed by atoms with E-state index in [9.17, 15) is 14.4 Å². The molecule has 3 aromatic rings. The lowest BCUT2D eigenvalue weighted by Crippen LogP contribution is -2.46. The Balaban J connectivity index is 1.45. The highest BCUT2D eigenvalue weighted by molar-refractivity contribution is 6.27. The van der Waals surface area contributed by atoms with Gasteiger partial charge in [-0.3, -0.25) is 19.4 Å². The summed E-state index contributed by atoms with van der Waals surface area (Å²) in [4.78, 5) is 43.0. The number of hydrogen-bond donors (Lipinski definition) is 0. The topological polar surface area (TPSA) is 88.5 Å². The maximum Gasteiger partial charge on any atom is 0.240 e. The molecule has 180 valence electrons. The molecule has 3 aliphatic rings. The Labute approximate surface area is 207 Å². The van der Waals surface area contributed by atoms with Gasteiger partial charge in [0, 0.05) is 17.2 Å². The number of amides is 2. The molecule has 3 aliphatic heterocycles. The molecule has 0 spiro atoms. The summed E-state index contributed by atoms with van der Waals surface area (Å²) in [7, 11) is 3.01. The molecule has 0 aliphatic carbocycles. The lowest BCUT2D eigenvalue weighted by Gasteiger charge is -2.30. The summed E-state index contributed by atoms with van der Waals surface area (Å²) in [5.74, 6) is -1.71. The van der Waals surface area contributed by atoms with Crippen molar-refractivity contribution in [2.75, 3.05) is 19.1 Å². The Morgan fingerprint density at radius 1 is 0.889 bits per heavy atom. The van der Waals surface area contributed by atoms with Crippen LogP contribution in [-0.4, -0.2) is 55.1 Å². The van der Waals surface area contributed by atoms with Crippen molar-refractivity contribution in [2.24, 2.45) is 16.9 Å². The number of carbonyl (C=O) groups is 3. The number of hydrogen-bond acceptors (Lipinski definition) is 7. The fourth-order valence-electron chi connectivity index (χ4n) is 5.64. The van der Waals surface area contributed by atoms with Crippen molar-refractivity contribution >= 4 is 40.3 Å². The summed E-state index contributed by atoms with van der Waals surface area (Å²) in [6.07, 6.45) is 5.16. The smallest absolute Gasteiger partial charge is 0.240 e. The molecule has 2 saturated heterocycles. The van der Waals surface area contributed by atoms with Crippen molar-refractivity contribution in [3.63, 3.8) is 0 Å². The van der Waals surface area contributed by atoms with Crippen molar-refractivity contribution < 1.29 is 23.9 Å². The van der Waals surface area contributed by atoms with Crippen LogP contribution in [0.15, 0.2) is 77.9 Å². The minimum absolute atomic E-state index is 0.304. The highest BCUT2D eigenvalue weighted by atomic mass is 16.5. The quantitative estimate of drug-likeness (QED) is 0.410. The van der Waals surface area contributed by atoms with E-state index in [1.165, 1.54) is 19.1 Å². The molecule has 8 heteroatoms. The number of rotatable bonds is 5. The Morgan fingerprint density at radius 3 is 2.44 bits per heavy atom. The van der Waals surface area contributed by atoms with E-state index < -0.39 is 29.8 Å². The first kappa shape index (κ1) is 22.0. The molecule has 0 radical (unpaired) electrons. The molecule has 6 rings (SSSR count). The lowest BCUT2D eigenvalue weighted by atomic mass is 9.86. The zero-order valence-corrected chi connectivity index (χ0v) is 19.7. The van der Waals surface area contributed by atoms with Gasteiger partial charge in [0.2, 0.25) is 11.8 Å². The number of Topliss-reactive ketones (excluding diaryl/α,β-unsaturated/α-hetero) is 1. The zero-order valence-electron chi connectivity index (χ0n) is 19.7. The minimum Gasteiger partial charge on any atom is -0.493 e. The van der Waals surface area contributed by atoms with Gasteiger partial charge < -0.3 is 9.47 Å². The van der Waals surface area contributed by atoms with Crippen LogP contribution in [0.5, 0.6) is 11.5 Å². The van der Waals surface area contributed by atoms with E-state index >= 15 is 0 Å². The summed E-state index contributed by atoms with van der Waals surface area (Å²) in [5, 5.41) is 7.75. The molecule has 4 atom stereocenters. The van der Waals surface area contributed by atoms with Crippen LogP contribution >= 0.6 is 0 Å². The monoisotopic (exact) mass is 481 g/mol. The average molecular weight is 482 g/mol. The second-order valence-corrected chi connectivity index (χ2v) is 8.96. The third-order valence-electron chi connectivity index (χ3n) is 7.24. The van der Waals surface area contributed by atoms with Crippen LogP contribution in [0.25, 0.3) is 10.8 Å². The first-order valence-electron chi connectivity index (χ1n) is 11.7. The number of ether oxygens (including phenoxy) is 2. The van der Waals surface area contributed by atoms with Gasteiger partial charge in [-0.2, -0.15) is 5.10 Å². The molecule has 3 aromatic carbocycles. The van der Waals surface area contributed by atoms with Crippen LogP contribution in [0.4, 0.5) is 5.69 Å². The van der Waals surface area contributed by atoms with Crippen molar-refractivity contribution in [1.29, 1.82) is 0 Å². The van der Waals surface area contributed by atoms with E-state index in [0.717, 1.165) is 10.8 Å². The number of imide groups is 1. The first-order chi connectivity index (χ1) is 17.5. The Morgan fingerprint density at radius 2 is 1.64 bits per heavy atom. The molecule has 3 heterocycles. The predicted molar refractivity (Wildman–Crippen MR) is 134 cm³/mol. The van der Waals surface area contributed by atoms with E-state index in [0.29, 0.717) is 22.7 Å². The van der Waals surface area contributed by atoms with E-state index in [4.69, 9.17) is 9.47 Å². The molecule has 8 nitrogen and oxygen atoms in total. The van der Waals surface area contributed by atoms with Crippen molar-refractivity contribution in [2.45, 2.75) is 12.1 Å². The molecular formula is C28H23N3O5. The number of benzene rings is 3. The van der Waals surface area contributed by atoms with Gasteiger partial charge in [-0.1, -0.05) is 42.5 Å². The maximum atomic E-state index is 14.0. The molecule has 0 bridgehead atoms. The number of hydrazone groups is 1. The van der Waals surface area contributed by atoms with Gasteiger partial charge in [-0.15, -0.1) is 0 Å². The van der Waals surface area contributed by atoms with Crippen LogP contribution in [0.2, 0.25) is 0 Å². The van der Waals surface area contributed by atoms with Gasteiger partial charge in [-0.05, 0) is 35.7 Å². The fraction of sp³-hybridized carbons (Fsp3) is 0.214. The van der Waals surface area contributed by atoms with E-state index in [2.05, 4.69) is 5.10 Å². The first-order valence-corrected chi connectivity index (χ1v) is 11.7. The number of allylic oxidation sites excluding steroid dienone is 1. The van der Waals surface area contributed by atoms with Crippen LogP contribution in [0.1, 0.15) is 10.4 Å². The van der Waals surface area contributed by atoms with Crippen LogP contribution in [-0.2, 0) is 9.59 Å². The largest absolute Gasteiger partial charge is 0.493 e. The van der Waals surface area contributed by atoms with Crippen LogP contribution in [0, 0.1) is 11.8 Å². The van der Waals surface area contributed by atoms with Gasteiger partial charge in [0.1, 0.15) is 6.04 Å². The molecule has 0 N–H and O–H groups in total. The highest BCUT2D eigenvalue weighted by Gasteiger charge is 2.64. The van der Waals surface area contributed by atoms with Gasteiger partial charge >= 0.3 is 0 Å². The van der Waals surface area contributed by atoms with Crippen molar-refractivity contribution in [3.05, 3.63) is 78.4 Å². The molecule has 36 heavy (non-hydrogen) atoms. The number of nitrogens with zero attached hydrogens (tertiary/aromatic N) is 3. The van der Waals surface area contributed by atoms with Gasteiger partial charge in [-0.25, -0.2) is 4.90 Å². The third-order valence-corrected chi connectivity index (χ3v) is 7.24. The third kappa shape index (κ3) is 3.07. The summed E-state index contributed by atoms with van der Waals surface area (Å²) < 4.78 is 10.7. The Bertz CT molecular complexity index is 1470. The Hall–Kier alpha value is -4.46. The summed E-state index contributed by atoms with van der Waals surface area (Å²) in [6.45, 7) is 0. The predicted octanol–water partition coefficient (Wildman–Crippen LogP) is 3.45. The number of fused-ring (bicyclic) bond motifs is 4. The molecule has 0 unspecified atom stereocenters. The molecule has 2 fully saturated rings. The van der Waals surface area contributed by atoms with E-state index in [1.807, 2.05) is 42.5 Å². The molecular weight excluding hydrogens is 458 g/mol. The van der Waals surface area contributed by atoms with Crippen LogP contribution < -0.4 is 14.4 Å². The molecule has 0 saturated carbocycles. The van der Waals surface area contributed by atoms with Crippen molar-refractivity contribution in [3.8, 4) is 11.5 Å². The number of ketones is 1. The number of carbonyl (C=O) groups excluding carboxylic acids is 3. The maximum absolute atomic E-state index is 14.0. The summed E-state index contributed by atoms with van der Waals surface area (Å²) >= 11 is 0. The van der Waals surface area contributed by atoms with E-state index in [1.54, 1.807) is 41.6 Å². The average Bonchev–Trinajstić information content (AvgIpc) is 3.39. The van der Waals surface area contributed by atoms with Crippen LogP contribution in [0.3, 0.4) is 0 Å². The normalized spacial score (nSPS) is 24.3. The van der Waals surface area contributed by atoms with Gasteiger partial charge in [0.25, 0.3) is 0 Å². The molecule has 2 amide bonds. The number of anilines is 1. The molecule has 0 aromatic heterocycles. The minimum atomic E-state index is -0.935. The second-order valence-electron chi connectivity index (χ2n) is 8.96. The van der Waals surface area contributed by atoms with E-state index in [-0.39, 0.29) is 11.7 Å². The standard InChI is InChI=1S/C28H23N3O5/c1-35-21-13-12-17(15-22(21)36-2)26(32)25-24-23(20-11-6-14-29-31(20)25)27(33)30(28(24)34)19-10-5-8-16-7-3-4-9-18(16)19/h3-15,20,23-25H,1-2H3/t20-,23-,24+,25+/m1/s1. The highest BCUT2D eigenvalue weighted by Crippen LogP contribution is 2.47.